The molecule has 1 aromatic heterocycles. The van der Waals surface area contributed by atoms with Crippen molar-refractivity contribution < 1.29 is 23.9 Å². The lowest BCUT2D eigenvalue weighted by Crippen LogP contribution is -2.35. The molecule has 8 nitrogen and oxygen atoms in total. The van der Waals surface area contributed by atoms with Gasteiger partial charge >= 0.3 is 0 Å². The van der Waals surface area contributed by atoms with Gasteiger partial charge in [-0.1, -0.05) is 56.6 Å². The number of hydrogen-bond acceptors (Lipinski definition) is 7. The maximum atomic E-state index is 13.1. The molecule has 3 aromatic rings. The van der Waals surface area contributed by atoms with E-state index < -0.39 is 0 Å². The van der Waals surface area contributed by atoms with E-state index in [1.807, 2.05) is 25.1 Å². The average molecular weight is 536 g/mol. The highest BCUT2D eigenvalue weighted by molar-refractivity contribution is 6.02. The van der Waals surface area contributed by atoms with Gasteiger partial charge in [-0.2, -0.15) is 0 Å². The van der Waals surface area contributed by atoms with Gasteiger partial charge in [-0.25, -0.2) is 0 Å². The van der Waals surface area contributed by atoms with Crippen LogP contribution in [0.2, 0.25) is 0 Å². The number of phenols is 1. The van der Waals surface area contributed by atoms with Crippen molar-refractivity contribution in [2.45, 2.75) is 53.5 Å². The first kappa shape index (κ1) is 28.6. The summed E-state index contributed by atoms with van der Waals surface area (Å²) in [5, 5.41) is 17.9. The minimum atomic E-state index is -0.297. The fourth-order valence-corrected chi connectivity index (χ4v) is 4.78. The van der Waals surface area contributed by atoms with E-state index in [1.54, 1.807) is 6.07 Å². The zero-order chi connectivity index (χ0) is 27.8. The topological polar surface area (TPSA) is 97.1 Å². The van der Waals surface area contributed by atoms with E-state index >= 15 is 0 Å². The Morgan fingerprint density at radius 1 is 1.15 bits per heavy atom. The van der Waals surface area contributed by atoms with Crippen LogP contribution in [0.3, 0.4) is 0 Å². The van der Waals surface area contributed by atoms with Crippen LogP contribution < -0.4 is 10.1 Å². The number of morpholine rings is 1. The predicted molar refractivity (Wildman–Crippen MR) is 152 cm³/mol. The second kappa shape index (κ2) is 13.6. The van der Waals surface area contributed by atoms with Crippen LogP contribution in [0.25, 0.3) is 22.5 Å². The third-order valence-corrected chi connectivity index (χ3v) is 6.81. The van der Waals surface area contributed by atoms with E-state index in [9.17, 15) is 9.90 Å². The molecule has 39 heavy (non-hydrogen) atoms. The Morgan fingerprint density at radius 3 is 2.56 bits per heavy atom. The molecule has 8 heteroatoms. The largest absolute Gasteiger partial charge is 0.508 e. The summed E-state index contributed by atoms with van der Waals surface area (Å²) in [5.74, 6) is 1.20. The fourth-order valence-electron chi connectivity index (χ4n) is 4.78. The van der Waals surface area contributed by atoms with Gasteiger partial charge in [0.1, 0.15) is 11.5 Å². The SMILES string of the molecule is CCCCOc1cc(O)c(CC(C)C)cc1-c1onc(C(=O)NCC)c1-c1ccc(CN2CCOCC2)cc1. The van der Waals surface area contributed by atoms with Gasteiger partial charge < -0.3 is 24.4 Å². The number of ether oxygens (including phenoxy) is 2. The molecular weight excluding hydrogens is 494 g/mol. The highest BCUT2D eigenvalue weighted by atomic mass is 16.5. The zero-order valence-corrected chi connectivity index (χ0v) is 23.6. The van der Waals surface area contributed by atoms with Crippen molar-refractivity contribution in [3.05, 3.63) is 53.2 Å². The number of aromatic nitrogens is 1. The summed E-state index contributed by atoms with van der Waals surface area (Å²) in [7, 11) is 0. The molecule has 1 aliphatic heterocycles. The number of amides is 1. The first-order valence-corrected chi connectivity index (χ1v) is 14.1. The number of hydrogen-bond donors (Lipinski definition) is 2. The molecule has 0 saturated carbocycles. The van der Waals surface area contributed by atoms with Crippen molar-refractivity contribution in [3.63, 3.8) is 0 Å². The van der Waals surface area contributed by atoms with Gasteiger partial charge in [-0.15, -0.1) is 0 Å². The summed E-state index contributed by atoms with van der Waals surface area (Å²) in [6.07, 6.45) is 2.56. The van der Waals surface area contributed by atoms with Crippen LogP contribution in [0.15, 0.2) is 40.9 Å². The molecule has 210 valence electrons. The second-order valence-corrected chi connectivity index (χ2v) is 10.5. The van der Waals surface area contributed by atoms with Crippen LogP contribution in [0.1, 0.15) is 62.2 Å². The molecular formula is C31H41N3O5. The lowest BCUT2D eigenvalue weighted by atomic mass is 9.94. The zero-order valence-electron chi connectivity index (χ0n) is 23.6. The first-order chi connectivity index (χ1) is 18.9. The molecule has 1 amide bonds. The molecule has 4 rings (SSSR count). The van der Waals surface area contributed by atoms with Crippen LogP contribution >= 0.6 is 0 Å². The Kier molecular flexibility index (Phi) is 10.0. The predicted octanol–water partition coefficient (Wildman–Crippen LogP) is 5.67. The fraction of sp³-hybridized carbons (Fsp3) is 0.484. The smallest absolute Gasteiger partial charge is 0.274 e. The molecule has 0 spiro atoms. The minimum absolute atomic E-state index is 0.191. The van der Waals surface area contributed by atoms with E-state index in [4.69, 9.17) is 14.0 Å². The molecule has 0 bridgehead atoms. The monoisotopic (exact) mass is 535 g/mol. The maximum Gasteiger partial charge on any atom is 0.274 e. The minimum Gasteiger partial charge on any atom is -0.508 e. The Labute approximate surface area is 231 Å². The number of nitrogens with zero attached hydrogens (tertiary/aromatic N) is 2. The van der Waals surface area contributed by atoms with Gasteiger partial charge in [0, 0.05) is 32.2 Å². The molecule has 2 N–H and O–H groups in total. The van der Waals surface area contributed by atoms with Crippen molar-refractivity contribution >= 4 is 5.91 Å². The quantitative estimate of drug-likeness (QED) is 0.288. The number of benzene rings is 2. The number of nitrogens with one attached hydrogen (secondary N) is 1. The molecule has 0 radical (unpaired) electrons. The Bertz CT molecular complexity index is 1230. The molecule has 1 saturated heterocycles. The molecule has 1 fully saturated rings. The maximum absolute atomic E-state index is 13.1. The van der Waals surface area contributed by atoms with Crippen LogP contribution in [-0.2, 0) is 17.7 Å². The van der Waals surface area contributed by atoms with Gasteiger partial charge in [0.2, 0.25) is 0 Å². The van der Waals surface area contributed by atoms with E-state index in [0.717, 1.165) is 56.8 Å². The number of carbonyl (C=O) groups is 1. The molecule has 0 unspecified atom stereocenters. The van der Waals surface area contributed by atoms with Crippen molar-refractivity contribution in [2.75, 3.05) is 39.5 Å². The van der Waals surface area contributed by atoms with Crippen molar-refractivity contribution in [2.24, 2.45) is 5.92 Å². The van der Waals surface area contributed by atoms with Crippen LogP contribution in [0.5, 0.6) is 11.5 Å². The van der Waals surface area contributed by atoms with Gasteiger partial charge in [0.15, 0.2) is 11.5 Å². The van der Waals surface area contributed by atoms with Gasteiger partial charge in [-0.3, -0.25) is 9.69 Å². The second-order valence-electron chi connectivity index (χ2n) is 10.5. The summed E-state index contributed by atoms with van der Waals surface area (Å²) in [5.41, 5.74) is 4.33. The number of phenolic OH excluding ortho intramolecular Hbond substituents is 1. The molecule has 2 aromatic carbocycles. The Balaban J connectivity index is 1.78. The van der Waals surface area contributed by atoms with Crippen LogP contribution in [-0.4, -0.2) is 60.5 Å². The summed E-state index contributed by atoms with van der Waals surface area (Å²) in [6, 6.07) is 11.8. The van der Waals surface area contributed by atoms with Crippen LogP contribution in [0.4, 0.5) is 0 Å². The van der Waals surface area contributed by atoms with E-state index in [1.165, 1.54) is 5.56 Å². The number of unbranched alkanes of at least 4 members (excludes halogenated alkanes) is 1. The molecule has 2 heterocycles. The molecule has 0 aliphatic carbocycles. The summed E-state index contributed by atoms with van der Waals surface area (Å²) in [4.78, 5) is 15.4. The Morgan fingerprint density at radius 2 is 1.90 bits per heavy atom. The molecule has 0 atom stereocenters. The van der Waals surface area contributed by atoms with E-state index in [0.29, 0.717) is 48.1 Å². The summed E-state index contributed by atoms with van der Waals surface area (Å²) < 4.78 is 17.5. The number of aromatic hydroxyl groups is 1. The summed E-state index contributed by atoms with van der Waals surface area (Å²) in [6.45, 7) is 13.4. The third-order valence-electron chi connectivity index (χ3n) is 6.81. The van der Waals surface area contributed by atoms with Gasteiger partial charge in [0.25, 0.3) is 5.91 Å². The van der Waals surface area contributed by atoms with Gasteiger partial charge in [0.05, 0.1) is 30.9 Å². The number of rotatable bonds is 12. The van der Waals surface area contributed by atoms with Crippen LogP contribution in [0, 0.1) is 5.92 Å². The summed E-state index contributed by atoms with van der Waals surface area (Å²) >= 11 is 0. The lowest BCUT2D eigenvalue weighted by Gasteiger charge is -2.26. The van der Waals surface area contributed by atoms with E-state index in [-0.39, 0.29) is 17.4 Å². The highest BCUT2D eigenvalue weighted by Gasteiger charge is 2.27. The van der Waals surface area contributed by atoms with E-state index in [2.05, 4.69) is 48.3 Å². The molecule has 1 aliphatic rings. The van der Waals surface area contributed by atoms with Gasteiger partial charge in [-0.05, 0) is 48.4 Å². The number of carbonyl (C=O) groups excluding carboxylic acids is 1. The lowest BCUT2D eigenvalue weighted by molar-refractivity contribution is 0.0342. The first-order valence-electron chi connectivity index (χ1n) is 14.1. The van der Waals surface area contributed by atoms with Crippen molar-refractivity contribution in [1.29, 1.82) is 0 Å². The highest BCUT2D eigenvalue weighted by Crippen LogP contribution is 2.43. The third kappa shape index (κ3) is 7.19. The average Bonchev–Trinajstić information content (AvgIpc) is 3.36. The Hall–Kier alpha value is -3.36. The normalized spacial score (nSPS) is 14.1. The van der Waals surface area contributed by atoms with Crippen molar-refractivity contribution in [1.82, 2.24) is 15.4 Å². The van der Waals surface area contributed by atoms with Crippen molar-refractivity contribution in [3.8, 4) is 33.9 Å². The standard InChI is InChI=1S/C31H41N3O5/c1-5-7-14-38-27-19-26(35)24(17-21(3)4)18-25(27)30-28(29(33-39-30)31(36)32-6-2)23-10-8-22(9-11-23)20-34-12-15-37-16-13-34/h8-11,18-19,21,35H,5-7,12-17,20H2,1-4H3,(H,32,36).